The normalized spacial score (nSPS) is 11.3. The Labute approximate surface area is 144 Å². The Morgan fingerprint density at radius 1 is 0.800 bits per heavy atom. The van der Waals surface area contributed by atoms with E-state index in [1.165, 1.54) is 18.2 Å². The maximum absolute atomic E-state index is 14.3. The molecule has 0 fully saturated rings. The van der Waals surface area contributed by atoms with E-state index in [4.69, 9.17) is 5.14 Å². The zero-order valence-corrected chi connectivity index (χ0v) is 13.8. The van der Waals surface area contributed by atoms with E-state index in [2.05, 4.69) is 0 Å². The van der Waals surface area contributed by atoms with Gasteiger partial charge in [0.1, 0.15) is 12.1 Å². The fourth-order valence-corrected chi connectivity index (χ4v) is 3.46. The third-order valence-electron chi connectivity index (χ3n) is 3.83. The first kappa shape index (κ1) is 17.0. The van der Waals surface area contributed by atoms with Crippen molar-refractivity contribution < 1.29 is 17.6 Å². The van der Waals surface area contributed by atoms with Gasteiger partial charge in [-0.25, -0.2) is 17.9 Å². The fraction of sp³-hybridized carbons (Fsp3) is 0. The zero-order valence-electron chi connectivity index (χ0n) is 13.0. The molecule has 0 aliphatic carbocycles. The minimum absolute atomic E-state index is 0.0874. The Bertz CT molecular complexity index is 1060. The number of benzene rings is 3. The van der Waals surface area contributed by atoms with Crippen molar-refractivity contribution in [3.05, 3.63) is 78.1 Å². The molecule has 3 aromatic rings. The van der Waals surface area contributed by atoms with Crippen LogP contribution in [0.1, 0.15) is 10.4 Å². The van der Waals surface area contributed by atoms with Crippen molar-refractivity contribution in [2.45, 2.75) is 4.90 Å². The van der Waals surface area contributed by atoms with Crippen LogP contribution in [0.2, 0.25) is 0 Å². The standard InChI is InChI=1S/C19H14FNO3S/c20-18-7-3-1-5-15(18)14-10-9-13(12-22)11-17(14)16-6-2-4-8-19(16)25(21,23)24/h1-12H,(H2,21,23,24). The molecule has 3 aromatic carbocycles. The van der Waals surface area contributed by atoms with E-state index in [0.29, 0.717) is 34.1 Å². The van der Waals surface area contributed by atoms with Crippen LogP contribution in [0.5, 0.6) is 0 Å². The van der Waals surface area contributed by atoms with Gasteiger partial charge in [0.2, 0.25) is 10.0 Å². The average molecular weight is 355 g/mol. The van der Waals surface area contributed by atoms with Gasteiger partial charge in [0.25, 0.3) is 0 Å². The van der Waals surface area contributed by atoms with Crippen LogP contribution >= 0.6 is 0 Å². The van der Waals surface area contributed by atoms with E-state index in [0.717, 1.165) is 0 Å². The summed E-state index contributed by atoms with van der Waals surface area (Å²) in [6.07, 6.45) is 0.647. The number of rotatable bonds is 4. The molecule has 4 nitrogen and oxygen atoms in total. The first-order valence-corrected chi connectivity index (χ1v) is 8.93. The predicted molar refractivity (Wildman–Crippen MR) is 94.0 cm³/mol. The molecule has 0 saturated heterocycles. The fourth-order valence-electron chi connectivity index (χ4n) is 2.71. The maximum Gasteiger partial charge on any atom is 0.238 e. The van der Waals surface area contributed by atoms with Crippen LogP contribution in [0.3, 0.4) is 0 Å². The van der Waals surface area contributed by atoms with E-state index in [1.54, 1.807) is 48.5 Å². The molecule has 0 radical (unpaired) electrons. The second-order valence-electron chi connectivity index (χ2n) is 5.44. The number of carbonyl (C=O) groups is 1. The number of hydrogen-bond donors (Lipinski definition) is 1. The lowest BCUT2D eigenvalue weighted by molar-refractivity contribution is 0.112. The number of primary sulfonamides is 1. The minimum atomic E-state index is -3.99. The molecule has 0 aliphatic heterocycles. The van der Waals surface area contributed by atoms with E-state index >= 15 is 0 Å². The molecule has 0 saturated carbocycles. The molecule has 0 aromatic heterocycles. The quantitative estimate of drug-likeness (QED) is 0.726. The topological polar surface area (TPSA) is 77.2 Å². The SMILES string of the molecule is NS(=O)(=O)c1ccccc1-c1cc(C=O)ccc1-c1ccccc1F. The predicted octanol–water partition coefficient (Wildman–Crippen LogP) is 3.62. The summed E-state index contributed by atoms with van der Waals surface area (Å²) in [5.41, 5.74) is 1.85. The summed E-state index contributed by atoms with van der Waals surface area (Å²) in [6.45, 7) is 0. The number of aldehydes is 1. The molecule has 2 N–H and O–H groups in total. The summed E-state index contributed by atoms with van der Waals surface area (Å²) in [6, 6.07) is 17.0. The van der Waals surface area contributed by atoms with E-state index in [9.17, 15) is 17.6 Å². The van der Waals surface area contributed by atoms with E-state index in [-0.39, 0.29) is 4.90 Å². The van der Waals surface area contributed by atoms with Gasteiger partial charge in [-0.15, -0.1) is 0 Å². The van der Waals surface area contributed by atoms with Gasteiger partial charge < -0.3 is 0 Å². The average Bonchev–Trinajstić information content (AvgIpc) is 2.61. The van der Waals surface area contributed by atoms with Crippen molar-refractivity contribution in [3.63, 3.8) is 0 Å². The molecule has 6 heteroatoms. The number of halogens is 1. The molecular weight excluding hydrogens is 341 g/mol. The number of hydrogen-bond acceptors (Lipinski definition) is 3. The largest absolute Gasteiger partial charge is 0.298 e. The molecule has 0 amide bonds. The molecule has 0 bridgehead atoms. The summed E-state index contributed by atoms with van der Waals surface area (Å²) in [4.78, 5) is 11.1. The Kier molecular flexibility index (Phi) is 4.48. The molecule has 0 aliphatic rings. The van der Waals surface area contributed by atoms with Crippen molar-refractivity contribution >= 4 is 16.3 Å². The highest BCUT2D eigenvalue weighted by Crippen LogP contribution is 2.36. The highest BCUT2D eigenvalue weighted by atomic mass is 32.2. The molecule has 0 unspecified atom stereocenters. The minimum Gasteiger partial charge on any atom is -0.298 e. The van der Waals surface area contributed by atoms with Gasteiger partial charge in [-0.05, 0) is 29.3 Å². The number of sulfonamides is 1. The van der Waals surface area contributed by atoms with Crippen molar-refractivity contribution in [3.8, 4) is 22.3 Å². The van der Waals surface area contributed by atoms with Crippen LogP contribution in [-0.4, -0.2) is 14.7 Å². The number of carbonyl (C=O) groups excluding carboxylic acids is 1. The third-order valence-corrected chi connectivity index (χ3v) is 4.80. The Hall–Kier alpha value is -2.83. The third kappa shape index (κ3) is 3.35. The van der Waals surface area contributed by atoms with Crippen LogP contribution in [0, 0.1) is 5.82 Å². The van der Waals surface area contributed by atoms with Crippen LogP contribution in [-0.2, 0) is 10.0 Å². The zero-order chi connectivity index (χ0) is 18.0. The molecule has 126 valence electrons. The summed E-state index contributed by atoms with van der Waals surface area (Å²) < 4.78 is 38.1. The van der Waals surface area contributed by atoms with E-state index in [1.807, 2.05) is 0 Å². The maximum atomic E-state index is 14.3. The summed E-state index contributed by atoms with van der Waals surface area (Å²) >= 11 is 0. The lowest BCUT2D eigenvalue weighted by Gasteiger charge is -2.14. The van der Waals surface area contributed by atoms with Gasteiger partial charge in [0, 0.05) is 16.7 Å². The van der Waals surface area contributed by atoms with Gasteiger partial charge >= 0.3 is 0 Å². The van der Waals surface area contributed by atoms with Crippen molar-refractivity contribution in [2.75, 3.05) is 0 Å². The van der Waals surface area contributed by atoms with Gasteiger partial charge in [0.05, 0.1) is 4.90 Å². The monoisotopic (exact) mass is 355 g/mol. The van der Waals surface area contributed by atoms with Crippen LogP contribution in [0.15, 0.2) is 71.6 Å². The molecular formula is C19H14FNO3S. The lowest BCUT2D eigenvalue weighted by atomic mass is 9.92. The molecule has 0 heterocycles. The second kappa shape index (κ2) is 6.58. The number of nitrogens with two attached hydrogens (primary N) is 1. The highest BCUT2D eigenvalue weighted by molar-refractivity contribution is 7.89. The Balaban J connectivity index is 2.37. The summed E-state index contributed by atoms with van der Waals surface area (Å²) in [5, 5.41) is 5.31. The van der Waals surface area contributed by atoms with Crippen LogP contribution < -0.4 is 5.14 Å². The Morgan fingerprint density at radius 2 is 1.44 bits per heavy atom. The smallest absolute Gasteiger partial charge is 0.238 e. The Morgan fingerprint density at radius 3 is 2.08 bits per heavy atom. The van der Waals surface area contributed by atoms with Crippen LogP contribution in [0.25, 0.3) is 22.3 Å². The molecule has 0 atom stereocenters. The van der Waals surface area contributed by atoms with Crippen LogP contribution in [0.4, 0.5) is 4.39 Å². The highest BCUT2D eigenvalue weighted by Gasteiger charge is 2.19. The van der Waals surface area contributed by atoms with Gasteiger partial charge in [-0.2, -0.15) is 0 Å². The van der Waals surface area contributed by atoms with Gasteiger partial charge in [0.15, 0.2) is 0 Å². The molecule has 0 spiro atoms. The van der Waals surface area contributed by atoms with Crippen molar-refractivity contribution in [2.24, 2.45) is 5.14 Å². The van der Waals surface area contributed by atoms with Crippen molar-refractivity contribution in [1.29, 1.82) is 0 Å². The summed E-state index contributed by atoms with van der Waals surface area (Å²) in [5.74, 6) is -0.448. The second-order valence-corrected chi connectivity index (χ2v) is 6.97. The first-order chi connectivity index (χ1) is 11.9. The summed E-state index contributed by atoms with van der Waals surface area (Å²) in [7, 11) is -3.99. The van der Waals surface area contributed by atoms with Crippen molar-refractivity contribution in [1.82, 2.24) is 0 Å². The first-order valence-electron chi connectivity index (χ1n) is 7.38. The van der Waals surface area contributed by atoms with E-state index < -0.39 is 15.8 Å². The lowest BCUT2D eigenvalue weighted by Crippen LogP contribution is -2.13. The molecule has 25 heavy (non-hydrogen) atoms. The van der Waals surface area contributed by atoms with Gasteiger partial charge in [-0.1, -0.05) is 48.5 Å². The van der Waals surface area contributed by atoms with Gasteiger partial charge in [-0.3, -0.25) is 4.79 Å². The molecule has 3 rings (SSSR count).